The third-order valence-corrected chi connectivity index (χ3v) is 4.57. The number of hydrogen-bond acceptors (Lipinski definition) is 5. The Kier molecular flexibility index (Phi) is 8.13. The van der Waals surface area contributed by atoms with E-state index in [4.69, 9.17) is 21.7 Å². The van der Waals surface area contributed by atoms with Gasteiger partial charge in [0.1, 0.15) is 12.4 Å². The number of methoxy groups -OCH3 is 1. The summed E-state index contributed by atoms with van der Waals surface area (Å²) in [6.45, 7) is 1.04. The van der Waals surface area contributed by atoms with Crippen LogP contribution in [0.15, 0.2) is 84.0 Å². The van der Waals surface area contributed by atoms with Gasteiger partial charge in [0, 0.05) is 6.54 Å². The molecular formula is C24H23N3O3S. The molecule has 0 spiro atoms. The van der Waals surface area contributed by atoms with Crippen LogP contribution >= 0.6 is 12.2 Å². The van der Waals surface area contributed by atoms with Crippen molar-refractivity contribution >= 4 is 29.5 Å². The molecule has 31 heavy (non-hydrogen) atoms. The zero-order valence-electron chi connectivity index (χ0n) is 17.1. The molecule has 3 aromatic rings. The maximum absolute atomic E-state index is 11.5. The molecule has 0 amide bonds. The number of hydrazone groups is 1. The monoisotopic (exact) mass is 433 g/mol. The van der Waals surface area contributed by atoms with Crippen LogP contribution in [0.1, 0.15) is 27.0 Å². The Morgan fingerprint density at radius 1 is 0.968 bits per heavy atom. The predicted octanol–water partition coefficient (Wildman–Crippen LogP) is 4.05. The Morgan fingerprint density at radius 2 is 1.68 bits per heavy atom. The fraction of sp³-hybridized carbons (Fsp3) is 0.125. The van der Waals surface area contributed by atoms with Gasteiger partial charge < -0.3 is 14.8 Å². The third kappa shape index (κ3) is 7.24. The van der Waals surface area contributed by atoms with Crippen molar-refractivity contribution in [3.63, 3.8) is 0 Å². The van der Waals surface area contributed by atoms with Crippen LogP contribution in [0.3, 0.4) is 0 Å². The summed E-state index contributed by atoms with van der Waals surface area (Å²) in [6, 6.07) is 24.7. The molecule has 0 saturated heterocycles. The summed E-state index contributed by atoms with van der Waals surface area (Å²) in [6.07, 6.45) is 1.69. The second kappa shape index (κ2) is 11.5. The summed E-state index contributed by atoms with van der Waals surface area (Å²) in [7, 11) is 1.36. The molecule has 158 valence electrons. The van der Waals surface area contributed by atoms with Crippen LogP contribution in [-0.4, -0.2) is 24.4 Å². The number of benzene rings is 3. The molecular weight excluding hydrogens is 410 g/mol. The Bertz CT molecular complexity index is 1020. The average Bonchev–Trinajstić information content (AvgIpc) is 2.83. The zero-order valence-corrected chi connectivity index (χ0v) is 17.9. The normalized spacial score (nSPS) is 10.5. The lowest BCUT2D eigenvalue weighted by Crippen LogP contribution is -2.31. The first-order valence-electron chi connectivity index (χ1n) is 9.65. The van der Waals surface area contributed by atoms with Gasteiger partial charge in [0.2, 0.25) is 0 Å². The largest absolute Gasteiger partial charge is 0.489 e. The van der Waals surface area contributed by atoms with Crippen molar-refractivity contribution in [3.8, 4) is 5.75 Å². The summed E-state index contributed by atoms with van der Waals surface area (Å²) in [5.74, 6) is 0.383. The van der Waals surface area contributed by atoms with Gasteiger partial charge in [0.25, 0.3) is 0 Å². The van der Waals surface area contributed by atoms with E-state index in [0.717, 1.165) is 22.4 Å². The Hall–Kier alpha value is -3.71. The van der Waals surface area contributed by atoms with Crippen molar-refractivity contribution in [2.45, 2.75) is 13.2 Å². The summed E-state index contributed by atoms with van der Waals surface area (Å²) in [5.41, 5.74) is 6.33. The second-order valence-electron chi connectivity index (χ2n) is 6.58. The zero-order chi connectivity index (χ0) is 21.9. The number of ether oxygens (including phenoxy) is 2. The Morgan fingerprint density at radius 3 is 2.35 bits per heavy atom. The molecule has 0 atom stereocenters. The molecule has 0 heterocycles. The van der Waals surface area contributed by atoms with Crippen molar-refractivity contribution < 1.29 is 14.3 Å². The van der Waals surface area contributed by atoms with Crippen LogP contribution in [0.5, 0.6) is 5.75 Å². The molecule has 0 aliphatic carbocycles. The van der Waals surface area contributed by atoms with Gasteiger partial charge in [-0.15, -0.1) is 0 Å². The lowest BCUT2D eigenvalue weighted by Gasteiger charge is -2.08. The topological polar surface area (TPSA) is 72.0 Å². The molecule has 0 unspecified atom stereocenters. The molecule has 0 aromatic heterocycles. The van der Waals surface area contributed by atoms with Crippen molar-refractivity contribution in [3.05, 3.63) is 101 Å². The highest BCUT2D eigenvalue weighted by molar-refractivity contribution is 7.80. The number of nitrogens with one attached hydrogen (secondary N) is 2. The SMILES string of the molecule is COC(=O)c1ccc(COc2ccc(C=NNC(=S)NCc3ccccc3)cc2)cc1. The smallest absolute Gasteiger partial charge is 0.337 e. The van der Waals surface area contributed by atoms with E-state index >= 15 is 0 Å². The van der Waals surface area contributed by atoms with E-state index < -0.39 is 0 Å². The molecule has 0 aliphatic heterocycles. The van der Waals surface area contributed by atoms with Crippen LogP contribution in [-0.2, 0) is 17.9 Å². The lowest BCUT2D eigenvalue weighted by molar-refractivity contribution is 0.0600. The maximum atomic E-state index is 11.5. The third-order valence-electron chi connectivity index (χ3n) is 4.34. The lowest BCUT2D eigenvalue weighted by atomic mass is 10.1. The standard InChI is InChI=1S/C24H23N3O3S/c1-29-23(28)21-11-7-20(8-12-21)17-30-22-13-9-19(10-14-22)16-26-27-24(31)25-15-18-5-3-2-4-6-18/h2-14,16H,15,17H2,1H3,(H2,25,27,31). The minimum Gasteiger partial charge on any atom is -0.489 e. The molecule has 0 fully saturated rings. The van der Waals surface area contributed by atoms with Crippen LogP contribution in [0.25, 0.3) is 0 Å². The van der Waals surface area contributed by atoms with E-state index in [2.05, 4.69) is 15.8 Å². The molecule has 0 aliphatic rings. The maximum Gasteiger partial charge on any atom is 0.337 e. The summed E-state index contributed by atoms with van der Waals surface area (Å²) in [4.78, 5) is 11.5. The summed E-state index contributed by atoms with van der Waals surface area (Å²) < 4.78 is 10.5. The van der Waals surface area contributed by atoms with Crippen molar-refractivity contribution in [1.29, 1.82) is 0 Å². The first-order valence-corrected chi connectivity index (χ1v) is 10.1. The minimum absolute atomic E-state index is 0.355. The van der Waals surface area contributed by atoms with Gasteiger partial charge >= 0.3 is 5.97 Å². The Balaban J connectivity index is 1.42. The molecule has 0 saturated carbocycles. The van der Waals surface area contributed by atoms with Gasteiger partial charge in [-0.2, -0.15) is 5.10 Å². The highest BCUT2D eigenvalue weighted by Gasteiger charge is 2.04. The van der Waals surface area contributed by atoms with Gasteiger partial charge in [0.15, 0.2) is 5.11 Å². The summed E-state index contributed by atoms with van der Waals surface area (Å²) >= 11 is 5.22. The van der Waals surface area contributed by atoms with E-state index in [9.17, 15) is 4.79 Å². The number of nitrogens with zero attached hydrogens (tertiary/aromatic N) is 1. The van der Waals surface area contributed by atoms with Gasteiger partial charge in [-0.1, -0.05) is 42.5 Å². The molecule has 3 rings (SSSR count). The van der Waals surface area contributed by atoms with Crippen LogP contribution in [0, 0.1) is 0 Å². The van der Waals surface area contributed by atoms with Crippen LogP contribution in [0.2, 0.25) is 0 Å². The van der Waals surface area contributed by atoms with Crippen molar-refractivity contribution in [2.75, 3.05) is 7.11 Å². The highest BCUT2D eigenvalue weighted by atomic mass is 32.1. The number of rotatable bonds is 8. The average molecular weight is 434 g/mol. The van der Waals surface area contributed by atoms with Gasteiger partial charge in [-0.05, 0) is 65.3 Å². The first-order chi connectivity index (χ1) is 15.1. The number of carbonyl (C=O) groups is 1. The highest BCUT2D eigenvalue weighted by Crippen LogP contribution is 2.14. The number of carbonyl (C=O) groups excluding carboxylic acids is 1. The molecule has 6 nitrogen and oxygen atoms in total. The summed E-state index contributed by atoms with van der Waals surface area (Å²) in [5, 5.41) is 7.71. The van der Waals surface area contributed by atoms with Crippen molar-refractivity contribution in [2.24, 2.45) is 5.10 Å². The fourth-order valence-electron chi connectivity index (χ4n) is 2.65. The van der Waals surface area contributed by atoms with E-state index in [1.54, 1.807) is 18.3 Å². The number of thiocarbonyl (C=S) groups is 1. The molecule has 7 heteroatoms. The van der Waals surface area contributed by atoms with E-state index in [-0.39, 0.29) is 5.97 Å². The Labute approximate surface area is 186 Å². The molecule has 3 aromatic carbocycles. The first kappa shape index (κ1) is 22.0. The van der Waals surface area contributed by atoms with Crippen LogP contribution < -0.4 is 15.5 Å². The van der Waals surface area contributed by atoms with Gasteiger partial charge in [-0.3, -0.25) is 5.43 Å². The second-order valence-corrected chi connectivity index (χ2v) is 6.99. The van der Waals surface area contributed by atoms with E-state index in [1.807, 2.05) is 66.7 Å². The van der Waals surface area contributed by atoms with Gasteiger partial charge in [-0.25, -0.2) is 4.79 Å². The van der Waals surface area contributed by atoms with Crippen LogP contribution in [0.4, 0.5) is 0 Å². The quantitative estimate of drug-likeness (QED) is 0.242. The number of hydrogen-bond donors (Lipinski definition) is 2. The van der Waals surface area contributed by atoms with Gasteiger partial charge in [0.05, 0.1) is 18.9 Å². The predicted molar refractivity (Wildman–Crippen MR) is 125 cm³/mol. The van der Waals surface area contributed by atoms with E-state index in [1.165, 1.54) is 7.11 Å². The fourth-order valence-corrected chi connectivity index (χ4v) is 2.78. The minimum atomic E-state index is -0.355. The molecule has 0 radical (unpaired) electrons. The van der Waals surface area contributed by atoms with Crippen molar-refractivity contribution in [1.82, 2.24) is 10.7 Å². The van der Waals surface area contributed by atoms with E-state index in [0.29, 0.717) is 23.8 Å². The molecule has 2 N–H and O–H groups in total. The number of esters is 1. The molecule has 0 bridgehead atoms.